The van der Waals surface area contributed by atoms with Gasteiger partial charge in [0.25, 0.3) is 0 Å². The van der Waals surface area contributed by atoms with Crippen LogP contribution in [0.15, 0.2) is 0 Å². The molecule has 0 aliphatic heterocycles. The van der Waals surface area contributed by atoms with Crippen LogP contribution in [0, 0.1) is 5.92 Å². The highest BCUT2D eigenvalue weighted by Gasteiger charge is 2.15. The minimum Gasteiger partial charge on any atom is -0.327 e. The van der Waals surface area contributed by atoms with Crippen molar-refractivity contribution in [3.63, 3.8) is 0 Å². The zero-order valence-electron chi connectivity index (χ0n) is 5.56. The van der Waals surface area contributed by atoms with E-state index in [0.29, 0.717) is 6.04 Å². The third-order valence-electron chi connectivity index (χ3n) is 2.18. The van der Waals surface area contributed by atoms with Gasteiger partial charge in [-0.3, -0.25) is 0 Å². The Hall–Kier alpha value is -0.0400. The van der Waals surface area contributed by atoms with Crippen molar-refractivity contribution >= 4 is 0 Å². The number of nitrogens with two attached hydrogens (primary N) is 1. The molecule has 2 atom stereocenters. The second-order valence-electron chi connectivity index (χ2n) is 2.93. The van der Waals surface area contributed by atoms with Crippen molar-refractivity contribution in [2.24, 2.45) is 11.7 Å². The van der Waals surface area contributed by atoms with Crippen LogP contribution >= 0.6 is 0 Å². The zero-order valence-corrected chi connectivity index (χ0v) is 5.56. The maximum Gasteiger partial charge on any atom is 0.00645 e. The first-order valence-electron chi connectivity index (χ1n) is 3.56. The maximum absolute atomic E-state index is 5.78. The lowest BCUT2D eigenvalue weighted by molar-refractivity contribution is 0.331. The molecule has 0 unspecified atom stereocenters. The van der Waals surface area contributed by atoms with Crippen molar-refractivity contribution in [2.75, 3.05) is 0 Å². The average Bonchev–Trinajstić information content (AvgIpc) is 1.77. The number of hydrogen-bond acceptors (Lipinski definition) is 1. The van der Waals surface area contributed by atoms with Gasteiger partial charge in [0.15, 0.2) is 0 Å². The van der Waals surface area contributed by atoms with Crippen LogP contribution in [0.4, 0.5) is 0 Å². The zero-order chi connectivity index (χ0) is 5.98. The van der Waals surface area contributed by atoms with Crippen LogP contribution in [0.2, 0.25) is 0 Å². The molecule has 0 spiro atoms. The summed E-state index contributed by atoms with van der Waals surface area (Å²) < 4.78 is 0. The summed E-state index contributed by atoms with van der Waals surface area (Å²) in [6.45, 7) is 2.25. The average molecular weight is 113 g/mol. The Morgan fingerprint density at radius 3 is 2.25 bits per heavy atom. The van der Waals surface area contributed by atoms with Crippen molar-refractivity contribution in [1.29, 1.82) is 0 Å². The molecular formula is C7H15N. The van der Waals surface area contributed by atoms with Crippen molar-refractivity contribution < 1.29 is 0 Å². The van der Waals surface area contributed by atoms with Crippen LogP contribution in [0.25, 0.3) is 0 Å². The van der Waals surface area contributed by atoms with E-state index >= 15 is 0 Å². The Morgan fingerprint density at radius 1 is 1.25 bits per heavy atom. The lowest BCUT2D eigenvalue weighted by Crippen LogP contribution is -2.30. The van der Waals surface area contributed by atoms with Crippen molar-refractivity contribution in [2.45, 2.75) is 38.6 Å². The highest BCUT2D eigenvalue weighted by molar-refractivity contribution is 4.73. The van der Waals surface area contributed by atoms with Gasteiger partial charge in [-0.15, -0.1) is 0 Å². The predicted octanol–water partition coefficient (Wildman–Crippen LogP) is 1.52. The molecule has 1 saturated carbocycles. The Bertz CT molecular complexity index is 60.8. The molecule has 0 aromatic heterocycles. The molecule has 48 valence electrons. The first kappa shape index (κ1) is 6.09. The van der Waals surface area contributed by atoms with Gasteiger partial charge >= 0.3 is 0 Å². The van der Waals surface area contributed by atoms with Crippen LogP contribution in [0.3, 0.4) is 0 Å². The molecular weight excluding hydrogens is 98.1 g/mol. The summed E-state index contributed by atoms with van der Waals surface area (Å²) in [7, 11) is 0. The van der Waals surface area contributed by atoms with Crippen molar-refractivity contribution in [3.05, 3.63) is 0 Å². The molecule has 1 rings (SSSR count). The standard InChI is InChI=1S/C7H15N/c1-6-4-2-3-5-7(6)8/h6-7H,2-5,8H2,1H3/t6-,7-/m0/s1. The molecule has 2 N–H and O–H groups in total. The van der Waals surface area contributed by atoms with Crippen LogP contribution in [0.5, 0.6) is 0 Å². The quantitative estimate of drug-likeness (QED) is 0.506. The molecule has 0 radical (unpaired) electrons. The molecule has 8 heavy (non-hydrogen) atoms. The second kappa shape index (κ2) is 2.49. The van der Waals surface area contributed by atoms with E-state index < -0.39 is 0 Å². The molecule has 0 amide bonds. The van der Waals surface area contributed by atoms with Gasteiger partial charge in [-0.05, 0) is 18.8 Å². The van der Waals surface area contributed by atoms with Crippen LogP contribution in [-0.4, -0.2) is 6.04 Å². The summed E-state index contributed by atoms with van der Waals surface area (Å²) in [6.07, 6.45) is 5.35. The lowest BCUT2D eigenvalue weighted by Gasteiger charge is -2.24. The largest absolute Gasteiger partial charge is 0.327 e. The Kier molecular flexibility index (Phi) is 1.90. The number of rotatable bonds is 0. The highest BCUT2D eigenvalue weighted by Crippen LogP contribution is 2.21. The van der Waals surface area contributed by atoms with Crippen LogP contribution in [-0.2, 0) is 0 Å². The van der Waals surface area contributed by atoms with E-state index in [0.717, 1.165) is 5.92 Å². The van der Waals surface area contributed by atoms with E-state index in [-0.39, 0.29) is 0 Å². The Labute approximate surface area is 51.3 Å². The van der Waals surface area contributed by atoms with Gasteiger partial charge in [0.1, 0.15) is 0 Å². The molecule has 1 nitrogen and oxygen atoms in total. The summed E-state index contributed by atoms with van der Waals surface area (Å²) >= 11 is 0. The Morgan fingerprint density at radius 2 is 1.88 bits per heavy atom. The van der Waals surface area contributed by atoms with E-state index in [2.05, 4.69) is 6.92 Å². The lowest BCUT2D eigenvalue weighted by atomic mass is 9.87. The normalized spacial score (nSPS) is 39.8. The van der Waals surface area contributed by atoms with E-state index in [4.69, 9.17) is 5.73 Å². The van der Waals surface area contributed by atoms with Crippen LogP contribution in [0.1, 0.15) is 32.6 Å². The molecule has 0 bridgehead atoms. The van der Waals surface area contributed by atoms with Crippen molar-refractivity contribution in [3.8, 4) is 0 Å². The molecule has 0 aromatic rings. The molecule has 0 aromatic carbocycles. The first-order chi connectivity index (χ1) is 3.80. The SMILES string of the molecule is C[C@H]1CCCC[C@@H]1N. The number of hydrogen-bond donors (Lipinski definition) is 1. The first-order valence-corrected chi connectivity index (χ1v) is 3.56. The molecule has 0 heterocycles. The van der Waals surface area contributed by atoms with Gasteiger partial charge < -0.3 is 5.73 Å². The molecule has 0 saturated heterocycles. The van der Waals surface area contributed by atoms with Crippen molar-refractivity contribution in [1.82, 2.24) is 0 Å². The minimum absolute atomic E-state index is 0.503. The molecule has 1 heteroatoms. The van der Waals surface area contributed by atoms with Gasteiger partial charge in [-0.2, -0.15) is 0 Å². The molecule has 1 fully saturated rings. The van der Waals surface area contributed by atoms with E-state index in [9.17, 15) is 0 Å². The highest BCUT2D eigenvalue weighted by atomic mass is 14.6. The third kappa shape index (κ3) is 1.22. The smallest absolute Gasteiger partial charge is 0.00645 e. The third-order valence-corrected chi connectivity index (χ3v) is 2.18. The monoisotopic (exact) mass is 113 g/mol. The fraction of sp³-hybridized carbons (Fsp3) is 1.00. The summed E-state index contributed by atoms with van der Waals surface area (Å²) in [4.78, 5) is 0. The summed E-state index contributed by atoms with van der Waals surface area (Å²) in [5.74, 6) is 0.781. The van der Waals surface area contributed by atoms with Gasteiger partial charge in [0.05, 0.1) is 0 Å². The van der Waals surface area contributed by atoms with Crippen LogP contribution < -0.4 is 5.73 Å². The van der Waals surface area contributed by atoms with Gasteiger partial charge in [-0.1, -0.05) is 19.8 Å². The van der Waals surface area contributed by atoms with E-state index in [1.807, 2.05) is 0 Å². The topological polar surface area (TPSA) is 26.0 Å². The summed E-state index contributed by atoms with van der Waals surface area (Å²) in [5, 5.41) is 0. The molecule has 1 aliphatic carbocycles. The van der Waals surface area contributed by atoms with E-state index in [1.165, 1.54) is 25.7 Å². The second-order valence-corrected chi connectivity index (χ2v) is 2.93. The Balaban J connectivity index is 2.28. The fourth-order valence-electron chi connectivity index (χ4n) is 1.34. The van der Waals surface area contributed by atoms with E-state index in [1.54, 1.807) is 0 Å². The van der Waals surface area contributed by atoms with Gasteiger partial charge in [0, 0.05) is 6.04 Å². The molecule has 1 aliphatic rings. The summed E-state index contributed by atoms with van der Waals surface area (Å²) in [5.41, 5.74) is 5.78. The maximum atomic E-state index is 5.78. The van der Waals surface area contributed by atoms with Gasteiger partial charge in [-0.25, -0.2) is 0 Å². The fourth-order valence-corrected chi connectivity index (χ4v) is 1.34. The predicted molar refractivity (Wildman–Crippen MR) is 35.6 cm³/mol. The minimum atomic E-state index is 0.503. The summed E-state index contributed by atoms with van der Waals surface area (Å²) in [6, 6.07) is 0.503. The van der Waals surface area contributed by atoms with Gasteiger partial charge in [0.2, 0.25) is 0 Å².